The van der Waals surface area contributed by atoms with Crippen LogP contribution in [0.25, 0.3) is 0 Å². The summed E-state index contributed by atoms with van der Waals surface area (Å²) in [5, 5.41) is 12.8. The highest BCUT2D eigenvalue weighted by Gasteiger charge is 2.17. The first-order chi connectivity index (χ1) is 9.92. The third kappa shape index (κ3) is 3.43. The zero-order valence-corrected chi connectivity index (χ0v) is 13.1. The molecule has 0 radical (unpaired) electrons. The molecule has 0 aliphatic rings. The summed E-state index contributed by atoms with van der Waals surface area (Å²) in [6.45, 7) is 3.74. The number of halogens is 1. The van der Waals surface area contributed by atoms with Gasteiger partial charge in [-0.3, -0.25) is 4.79 Å². The van der Waals surface area contributed by atoms with Gasteiger partial charge in [0.1, 0.15) is 5.00 Å². The second-order valence-corrected chi connectivity index (χ2v) is 6.08. The molecule has 0 spiro atoms. The maximum absolute atomic E-state index is 12.2. The summed E-state index contributed by atoms with van der Waals surface area (Å²) in [5.41, 5.74) is 1.36. The van der Waals surface area contributed by atoms with Gasteiger partial charge < -0.3 is 10.4 Å². The molecule has 1 aromatic heterocycles. The van der Waals surface area contributed by atoms with Crippen LogP contribution in [-0.4, -0.2) is 17.0 Å². The Bertz CT molecular complexity index is 709. The van der Waals surface area contributed by atoms with Crippen molar-refractivity contribution in [3.05, 3.63) is 50.9 Å². The minimum atomic E-state index is -1.05. The van der Waals surface area contributed by atoms with E-state index in [-0.39, 0.29) is 11.5 Å². The number of aryl methyl sites for hydroxylation is 2. The highest BCUT2D eigenvalue weighted by Crippen LogP contribution is 2.29. The number of carbonyl (C=O) groups excluding carboxylic acids is 1. The number of hydrogen-bond donors (Lipinski definition) is 2. The molecule has 6 heteroatoms. The first-order valence-corrected chi connectivity index (χ1v) is 7.55. The van der Waals surface area contributed by atoms with Gasteiger partial charge in [-0.2, -0.15) is 0 Å². The standard InChI is InChI=1S/C15H14ClNO3S/c1-3-10-7-11(15(19)20)14(21-10)17-13(18)9-4-5-12(16)8(2)6-9/h4-7H,3H2,1-2H3,(H,17,18)(H,19,20). The molecule has 0 aliphatic heterocycles. The average Bonchev–Trinajstić information content (AvgIpc) is 2.85. The molecule has 0 saturated carbocycles. The molecule has 2 rings (SSSR count). The van der Waals surface area contributed by atoms with E-state index >= 15 is 0 Å². The topological polar surface area (TPSA) is 66.4 Å². The second-order valence-electron chi connectivity index (χ2n) is 4.53. The lowest BCUT2D eigenvalue weighted by Gasteiger charge is -2.06. The van der Waals surface area contributed by atoms with Crippen LogP contribution in [0.2, 0.25) is 5.02 Å². The molecule has 1 aromatic carbocycles. The van der Waals surface area contributed by atoms with E-state index in [1.165, 1.54) is 11.3 Å². The molecule has 0 aliphatic carbocycles. The molecular weight excluding hydrogens is 310 g/mol. The largest absolute Gasteiger partial charge is 0.478 e. The number of anilines is 1. The van der Waals surface area contributed by atoms with E-state index in [9.17, 15) is 14.7 Å². The third-order valence-electron chi connectivity index (χ3n) is 3.01. The van der Waals surface area contributed by atoms with Crippen LogP contribution in [0, 0.1) is 6.92 Å². The summed E-state index contributed by atoms with van der Waals surface area (Å²) in [4.78, 5) is 24.3. The van der Waals surface area contributed by atoms with Crippen molar-refractivity contribution in [3.8, 4) is 0 Å². The summed E-state index contributed by atoms with van der Waals surface area (Å²) >= 11 is 7.21. The Hall–Kier alpha value is -1.85. The zero-order chi connectivity index (χ0) is 15.6. The fourth-order valence-electron chi connectivity index (χ4n) is 1.83. The summed E-state index contributed by atoms with van der Waals surface area (Å²) in [6.07, 6.45) is 0.723. The van der Waals surface area contributed by atoms with Crippen LogP contribution in [-0.2, 0) is 6.42 Å². The molecule has 0 saturated heterocycles. The van der Waals surface area contributed by atoms with Crippen molar-refractivity contribution in [3.63, 3.8) is 0 Å². The van der Waals surface area contributed by atoms with Crippen LogP contribution in [0.4, 0.5) is 5.00 Å². The minimum Gasteiger partial charge on any atom is -0.478 e. The van der Waals surface area contributed by atoms with Crippen molar-refractivity contribution < 1.29 is 14.7 Å². The molecule has 0 atom stereocenters. The summed E-state index contributed by atoms with van der Waals surface area (Å²) in [5.74, 6) is -1.39. The Morgan fingerprint density at radius 1 is 1.33 bits per heavy atom. The van der Waals surface area contributed by atoms with Gasteiger partial charge >= 0.3 is 5.97 Å². The molecule has 0 fully saturated rings. The number of hydrogen-bond acceptors (Lipinski definition) is 3. The highest BCUT2D eigenvalue weighted by molar-refractivity contribution is 7.16. The molecule has 1 amide bonds. The number of carbonyl (C=O) groups is 2. The van der Waals surface area contributed by atoms with Crippen LogP contribution in [0.15, 0.2) is 24.3 Å². The number of aromatic carboxylic acids is 1. The first-order valence-electron chi connectivity index (χ1n) is 6.36. The van der Waals surface area contributed by atoms with Crippen molar-refractivity contribution >= 4 is 39.8 Å². The predicted octanol–water partition coefficient (Wildman–Crippen LogP) is 4.22. The van der Waals surface area contributed by atoms with E-state index in [1.54, 1.807) is 24.3 Å². The van der Waals surface area contributed by atoms with Gasteiger partial charge in [0.2, 0.25) is 0 Å². The normalized spacial score (nSPS) is 10.4. The van der Waals surface area contributed by atoms with Gasteiger partial charge in [0, 0.05) is 15.5 Å². The van der Waals surface area contributed by atoms with E-state index in [1.807, 2.05) is 13.8 Å². The van der Waals surface area contributed by atoms with Gasteiger partial charge in [-0.05, 0) is 43.2 Å². The quantitative estimate of drug-likeness (QED) is 0.885. The average molecular weight is 324 g/mol. The summed E-state index contributed by atoms with van der Waals surface area (Å²) in [7, 11) is 0. The third-order valence-corrected chi connectivity index (χ3v) is 4.63. The number of carboxylic acids is 1. The molecule has 4 nitrogen and oxygen atoms in total. The predicted molar refractivity (Wildman–Crippen MR) is 84.8 cm³/mol. The van der Waals surface area contributed by atoms with Gasteiger partial charge in [0.25, 0.3) is 5.91 Å². The zero-order valence-electron chi connectivity index (χ0n) is 11.6. The first kappa shape index (κ1) is 15.5. The second kappa shape index (κ2) is 6.28. The number of thiophene rings is 1. The van der Waals surface area contributed by atoms with Gasteiger partial charge in [-0.25, -0.2) is 4.79 Å². The van der Waals surface area contributed by atoms with Crippen LogP contribution in [0.5, 0.6) is 0 Å². The van der Waals surface area contributed by atoms with E-state index in [4.69, 9.17) is 11.6 Å². The fraction of sp³-hybridized carbons (Fsp3) is 0.200. The van der Waals surface area contributed by atoms with E-state index < -0.39 is 5.97 Å². The molecule has 0 bridgehead atoms. The molecule has 0 unspecified atom stereocenters. The van der Waals surface area contributed by atoms with Crippen molar-refractivity contribution in [2.75, 3.05) is 5.32 Å². The van der Waals surface area contributed by atoms with Gasteiger partial charge in [0.15, 0.2) is 0 Å². The summed E-state index contributed by atoms with van der Waals surface area (Å²) < 4.78 is 0. The van der Waals surface area contributed by atoms with Crippen LogP contribution < -0.4 is 5.32 Å². The van der Waals surface area contributed by atoms with Crippen LogP contribution in [0.1, 0.15) is 38.1 Å². The van der Waals surface area contributed by atoms with Crippen LogP contribution in [0.3, 0.4) is 0 Å². The van der Waals surface area contributed by atoms with Gasteiger partial charge in [-0.15, -0.1) is 11.3 Å². The Morgan fingerprint density at radius 3 is 2.62 bits per heavy atom. The number of carboxylic acid groups (broad SMARTS) is 1. The Labute approximate surface area is 131 Å². The molecule has 21 heavy (non-hydrogen) atoms. The van der Waals surface area contributed by atoms with Crippen molar-refractivity contribution in [2.45, 2.75) is 20.3 Å². The van der Waals surface area contributed by atoms with E-state index in [0.29, 0.717) is 15.6 Å². The Balaban J connectivity index is 2.28. The monoisotopic (exact) mass is 323 g/mol. The number of rotatable bonds is 4. The Kier molecular flexibility index (Phi) is 4.65. The van der Waals surface area contributed by atoms with Crippen molar-refractivity contribution in [2.24, 2.45) is 0 Å². The SMILES string of the molecule is CCc1cc(C(=O)O)c(NC(=O)c2ccc(Cl)c(C)c2)s1. The molecule has 2 N–H and O–H groups in total. The maximum atomic E-state index is 12.2. The lowest BCUT2D eigenvalue weighted by atomic mass is 10.1. The summed E-state index contributed by atoms with van der Waals surface area (Å²) in [6, 6.07) is 6.53. The van der Waals surface area contributed by atoms with E-state index in [2.05, 4.69) is 5.32 Å². The molecule has 1 heterocycles. The number of amides is 1. The lowest BCUT2D eigenvalue weighted by Crippen LogP contribution is -2.13. The fourth-order valence-corrected chi connectivity index (χ4v) is 2.93. The van der Waals surface area contributed by atoms with Crippen LogP contribution >= 0.6 is 22.9 Å². The minimum absolute atomic E-state index is 0.121. The lowest BCUT2D eigenvalue weighted by molar-refractivity contribution is 0.0698. The smallest absolute Gasteiger partial charge is 0.338 e. The van der Waals surface area contributed by atoms with Gasteiger partial charge in [0.05, 0.1) is 5.56 Å². The van der Waals surface area contributed by atoms with E-state index in [0.717, 1.165) is 16.9 Å². The Morgan fingerprint density at radius 2 is 2.05 bits per heavy atom. The number of nitrogens with one attached hydrogen (secondary N) is 1. The molecule has 110 valence electrons. The van der Waals surface area contributed by atoms with Crippen molar-refractivity contribution in [1.29, 1.82) is 0 Å². The van der Waals surface area contributed by atoms with Crippen molar-refractivity contribution in [1.82, 2.24) is 0 Å². The van der Waals surface area contributed by atoms with Gasteiger partial charge in [-0.1, -0.05) is 18.5 Å². The highest BCUT2D eigenvalue weighted by atomic mass is 35.5. The maximum Gasteiger partial charge on any atom is 0.338 e. The molecular formula is C15H14ClNO3S. The molecule has 2 aromatic rings. The number of benzene rings is 1.